The van der Waals surface area contributed by atoms with E-state index in [0.717, 1.165) is 24.0 Å². The molecule has 0 bridgehead atoms. The summed E-state index contributed by atoms with van der Waals surface area (Å²) in [5.74, 6) is 1.52. The van der Waals surface area contributed by atoms with Crippen molar-refractivity contribution in [1.82, 2.24) is 5.32 Å². The van der Waals surface area contributed by atoms with Gasteiger partial charge in [0, 0.05) is 12.0 Å². The summed E-state index contributed by atoms with van der Waals surface area (Å²) in [7, 11) is 3.19. The van der Waals surface area contributed by atoms with Gasteiger partial charge in [-0.15, -0.1) is 24.0 Å². The zero-order valence-corrected chi connectivity index (χ0v) is 17.8. The Bertz CT molecular complexity index is 810. The highest BCUT2D eigenvalue weighted by molar-refractivity contribution is 14.0. The number of hydrogen-bond acceptors (Lipinski definition) is 3. The van der Waals surface area contributed by atoms with Gasteiger partial charge in [0.2, 0.25) is 0 Å². The van der Waals surface area contributed by atoms with E-state index in [1.165, 1.54) is 6.07 Å². The van der Waals surface area contributed by atoms with Crippen molar-refractivity contribution in [1.29, 1.82) is 0 Å². The summed E-state index contributed by atoms with van der Waals surface area (Å²) in [5, 5.41) is 3.14. The van der Waals surface area contributed by atoms with E-state index in [-0.39, 0.29) is 35.2 Å². The summed E-state index contributed by atoms with van der Waals surface area (Å²) in [6.45, 7) is 1.00. The van der Waals surface area contributed by atoms with Crippen molar-refractivity contribution in [2.45, 2.75) is 24.8 Å². The van der Waals surface area contributed by atoms with E-state index in [2.05, 4.69) is 10.3 Å². The Labute approximate surface area is 176 Å². The lowest BCUT2D eigenvalue weighted by molar-refractivity contribution is 0.354. The average molecular weight is 485 g/mol. The van der Waals surface area contributed by atoms with E-state index < -0.39 is 0 Å². The number of nitrogens with zero attached hydrogens (tertiary/aromatic N) is 1. The van der Waals surface area contributed by atoms with Crippen LogP contribution in [0.15, 0.2) is 47.5 Å². The topological polar surface area (TPSA) is 68.9 Å². The number of ether oxygens (including phenoxy) is 2. The first-order valence-corrected chi connectivity index (χ1v) is 8.58. The number of nitrogens with two attached hydrogens (primary N) is 1. The van der Waals surface area contributed by atoms with Gasteiger partial charge >= 0.3 is 0 Å². The third-order valence-electron chi connectivity index (χ3n) is 4.79. The molecule has 0 amide bonds. The number of hydrogen-bond donors (Lipinski definition) is 2. The largest absolute Gasteiger partial charge is 0.493 e. The van der Waals surface area contributed by atoms with Gasteiger partial charge in [0.15, 0.2) is 17.5 Å². The van der Waals surface area contributed by atoms with E-state index >= 15 is 0 Å². The zero-order valence-electron chi connectivity index (χ0n) is 15.5. The Balaban J connectivity index is 0.00000261. The van der Waals surface area contributed by atoms with Gasteiger partial charge < -0.3 is 20.5 Å². The van der Waals surface area contributed by atoms with Crippen LogP contribution in [0.25, 0.3) is 0 Å². The lowest BCUT2D eigenvalue weighted by Crippen LogP contribution is -2.37. The van der Waals surface area contributed by atoms with Gasteiger partial charge in [-0.25, -0.2) is 9.38 Å². The molecule has 2 aromatic rings. The summed E-state index contributed by atoms with van der Waals surface area (Å²) in [6, 6.07) is 12.6. The van der Waals surface area contributed by atoms with Crippen molar-refractivity contribution in [2.24, 2.45) is 10.7 Å². The van der Waals surface area contributed by atoms with E-state index in [1.54, 1.807) is 20.3 Å². The second kappa shape index (κ2) is 9.25. The van der Waals surface area contributed by atoms with Gasteiger partial charge in [0.1, 0.15) is 5.82 Å². The highest BCUT2D eigenvalue weighted by Gasteiger charge is 2.45. The van der Waals surface area contributed by atoms with Gasteiger partial charge in [-0.05, 0) is 42.2 Å². The van der Waals surface area contributed by atoms with Gasteiger partial charge in [-0.1, -0.05) is 24.3 Å². The maximum Gasteiger partial charge on any atom is 0.188 e. The molecule has 0 unspecified atom stereocenters. The second-order valence-corrected chi connectivity index (χ2v) is 6.50. The van der Waals surface area contributed by atoms with Crippen LogP contribution in [0.1, 0.15) is 24.0 Å². The molecule has 1 aliphatic carbocycles. The van der Waals surface area contributed by atoms with Crippen molar-refractivity contribution >= 4 is 29.9 Å². The molecular formula is C20H25FIN3O2. The number of guanidine groups is 1. The van der Waals surface area contributed by atoms with E-state index in [0.29, 0.717) is 30.5 Å². The smallest absolute Gasteiger partial charge is 0.188 e. The molecule has 0 aliphatic heterocycles. The zero-order chi connectivity index (χ0) is 18.6. The van der Waals surface area contributed by atoms with Crippen LogP contribution in [-0.4, -0.2) is 26.7 Å². The highest BCUT2D eigenvalue weighted by atomic mass is 127. The van der Waals surface area contributed by atoms with Crippen LogP contribution in [-0.2, 0) is 12.0 Å². The molecule has 0 radical (unpaired) electrons. The minimum absolute atomic E-state index is 0. The van der Waals surface area contributed by atoms with Crippen LogP contribution >= 0.6 is 24.0 Å². The first kappa shape index (κ1) is 21.3. The van der Waals surface area contributed by atoms with Crippen molar-refractivity contribution in [2.75, 3.05) is 20.8 Å². The van der Waals surface area contributed by atoms with Crippen molar-refractivity contribution < 1.29 is 13.9 Å². The highest BCUT2D eigenvalue weighted by Crippen LogP contribution is 2.48. The fourth-order valence-electron chi connectivity index (χ4n) is 3.05. The molecule has 2 aromatic carbocycles. The number of benzene rings is 2. The molecule has 0 spiro atoms. The normalized spacial score (nSPS) is 14.9. The maximum atomic E-state index is 14.0. The summed E-state index contributed by atoms with van der Waals surface area (Å²) in [6.07, 6.45) is 1.90. The van der Waals surface area contributed by atoms with Crippen molar-refractivity contribution in [3.05, 3.63) is 59.4 Å². The first-order valence-electron chi connectivity index (χ1n) is 8.58. The Morgan fingerprint density at radius 1 is 1.15 bits per heavy atom. The van der Waals surface area contributed by atoms with Crippen LogP contribution in [0.4, 0.5) is 4.39 Å². The average Bonchev–Trinajstić information content (AvgIpc) is 3.45. The SMILES string of the molecule is COc1ccc(CN=C(N)NCC2(c3ccccc3F)CC2)cc1OC.I. The third-order valence-corrected chi connectivity index (χ3v) is 4.79. The second-order valence-electron chi connectivity index (χ2n) is 6.50. The Hall–Kier alpha value is -2.03. The monoisotopic (exact) mass is 485 g/mol. The predicted molar refractivity (Wildman–Crippen MR) is 116 cm³/mol. The van der Waals surface area contributed by atoms with Gasteiger partial charge in [-0.3, -0.25) is 0 Å². The quantitative estimate of drug-likeness (QED) is 0.358. The molecule has 1 saturated carbocycles. The lowest BCUT2D eigenvalue weighted by atomic mass is 9.95. The van der Waals surface area contributed by atoms with Gasteiger partial charge in [0.25, 0.3) is 0 Å². The number of aliphatic imine (C=N–C) groups is 1. The van der Waals surface area contributed by atoms with Crippen LogP contribution < -0.4 is 20.5 Å². The lowest BCUT2D eigenvalue weighted by Gasteiger charge is -2.17. The molecule has 1 fully saturated rings. The molecule has 0 atom stereocenters. The van der Waals surface area contributed by atoms with Gasteiger partial charge in [-0.2, -0.15) is 0 Å². The van der Waals surface area contributed by atoms with Crippen molar-refractivity contribution in [3.63, 3.8) is 0 Å². The minimum atomic E-state index is -0.172. The van der Waals surface area contributed by atoms with Gasteiger partial charge in [0.05, 0.1) is 20.8 Å². The summed E-state index contributed by atoms with van der Waals surface area (Å²) >= 11 is 0. The molecule has 3 rings (SSSR count). The van der Waals surface area contributed by atoms with Crippen LogP contribution in [0.3, 0.4) is 0 Å². The Morgan fingerprint density at radius 2 is 1.85 bits per heavy atom. The van der Waals surface area contributed by atoms with Crippen molar-refractivity contribution in [3.8, 4) is 11.5 Å². The summed E-state index contributed by atoms with van der Waals surface area (Å²) in [5.41, 5.74) is 7.53. The number of nitrogens with one attached hydrogen (secondary N) is 1. The molecule has 27 heavy (non-hydrogen) atoms. The molecule has 0 heterocycles. The number of methoxy groups -OCH3 is 2. The predicted octanol–water partition coefficient (Wildman–Crippen LogP) is 3.60. The van der Waals surface area contributed by atoms with E-state index in [4.69, 9.17) is 15.2 Å². The molecule has 3 N–H and O–H groups in total. The Kier molecular flexibility index (Phi) is 7.29. The molecule has 0 aromatic heterocycles. The molecule has 7 heteroatoms. The number of halogens is 2. The maximum absolute atomic E-state index is 14.0. The molecule has 146 valence electrons. The third kappa shape index (κ3) is 5.03. The minimum Gasteiger partial charge on any atom is -0.493 e. The fourth-order valence-corrected chi connectivity index (χ4v) is 3.05. The Morgan fingerprint density at radius 3 is 2.48 bits per heavy atom. The van der Waals surface area contributed by atoms with Crippen LogP contribution in [0.2, 0.25) is 0 Å². The molecule has 0 saturated heterocycles. The molecular weight excluding hydrogens is 460 g/mol. The van der Waals surface area contributed by atoms with Crippen LogP contribution in [0, 0.1) is 5.82 Å². The van der Waals surface area contributed by atoms with E-state index in [1.807, 2.05) is 30.3 Å². The van der Waals surface area contributed by atoms with E-state index in [9.17, 15) is 4.39 Å². The summed E-state index contributed by atoms with van der Waals surface area (Å²) in [4.78, 5) is 4.37. The summed E-state index contributed by atoms with van der Waals surface area (Å²) < 4.78 is 24.6. The molecule has 1 aliphatic rings. The molecule has 5 nitrogen and oxygen atoms in total. The number of rotatable bonds is 7. The fraction of sp³-hybridized carbons (Fsp3) is 0.350. The van der Waals surface area contributed by atoms with Crippen LogP contribution in [0.5, 0.6) is 11.5 Å². The first-order chi connectivity index (χ1) is 12.6. The standard InChI is InChI=1S/C20H24FN3O2.HI/c1-25-17-8-7-14(11-18(17)26-2)12-23-19(22)24-13-20(9-10-20)15-5-3-4-6-16(15)21;/h3-8,11H,9-10,12-13H2,1-2H3,(H3,22,23,24);1H.